The van der Waals surface area contributed by atoms with Gasteiger partial charge in [-0.15, -0.1) is 11.3 Å². The molecule has 2 rings (SSSR count). The van der Waals surface area contributed by atoms with E-state index in [2.05, 4.69) is 10.3 Å². The number of hydrogen-bond acceptors (Lipinski definition) is 5. The van der Waals surface area contributed by atoms with Crippen molar-refractivity contribution in [3.8, 4) is 0 Å². The fourth-order valence-electron chi connectivity index (χ4n) is 1.97. The second-order valence-corrected chi connectivity index (χ2v) is 7.33. The molecule has 1 aliphatic rings. The molecule has 0 aromatic carbocycles. The molecule has 1 fully saturated rings. The number of rotatable bonds is 5. The van der Waals surface area contributed by atoms with Crippen molar-refractivity contribution in [3.63, 3.8) is 0 Å². The first-order chi connectivity index (χ1) is 10.3. The number of carbonyl (C=O) groups is 2. The summed E-state index contributed by atoms with van der Waals surface area (Å²) in [5.74, 6) is -0.415. The van der Waals surface area contributed by atoms with Crippen LogP contribution in [0.4, 0.5) is 4.79 Å². The van der Waals surface area contributed by atoms with Crippen LogP contribution in [-0.2, 0) is 11.3 Å². The van der Waals surface area contributed by atoms with E-state index in [1.807, 2.05) is 20.8 Å². The third-order valence-corrected chi connectivity index (χ3v) is 3.91. The number of amides is 2. The van der Waals surface area contributed by atoms with Crippen molar-refractivity contribution >= 4 is 23.3 Å². The lowest BCUT2D eigenvalue weighted by atomic mass is 10.1. The van der Waals surface area contributed by atoms with Crippen LogP contribution in [0, 0.1) is 0 Å². The third-order valence-electron chi connectivity index (χ3n) is 3.07. The molecule has 7 heteroatoms. The molecule has 0 unspecified atom stereocenters. The van der Waals surface area contributed by atoms with Crippen molar-refractivity contribution in [2.45, 2.75) is 58.7 Å². The minimum atomic E-state index is -0.415. The summed E-state index contributed by atoms with van der Waals surface area (Å²) in [6.45, 7) is 8.38. The molecule has 0 radical (unpaired) electrons. The van der Waals surface area contributed by atoms with E-state index in [4.69, 9.17) is 4.74 Å². The Morgan fingerprint density at radius 1 is 1.45 bits per heavy atom. The number of esters is 1. The zero-order chi connectivity index (χ0) is 16.3. The molecule has 1 aromatic rings. The molecular weight excluding hydrogens is 302 g/mol. The van der Waals surface area contributed by atoms with Gasteiger partial charge in [0.25, 0.3) is 0 Å². The smallest absolute Gasteiger partial charge is 0.357 e. The van der Waals surface area contributed by atoms with Crippen molar-refractivity contribution in [1.82, 2.24) is 15.2 Å². The van der Waals surface area contributed by atoms with Gasteiger partial charge in [0, 0.05) is 17.0 Å². The number of ether oxygens (including phenoxy) is 1. The summed E-state index contributed by atoms with van der Waals surface area (Å²) < 4.78 is 4.93. The SMILES string of the molecule is CCOC(=O)c1csc(CN(C(=O)NC(C)(C)C)C2CC2)n1. The second kappa shape index (κ2) is 6.64. The molecule has 0 spiro atoms. The van der Waals surface area contributed by atoms with Gasteiger partial charge in [0.05, 0.1) is 13.2 Å². The highest BCUT2D eigenvalue weighted by Gasteiger charge is 2.34. The highest BCUT2D eigenvalue weighted by molar-refractivity contribution is 7.09. The monoisotopic (exact) mass is 325 g/mol. The first-order valence-corrected chi connectivity index (χ1v) is 8.38. The maximum atomic E-state index is 12.4. The van der Waals surface area contributed by atoms with Gasteiger partial charge in [-0.2, -0.15) is 0 Å². The summed E-state index contributed by atoms with van der Waals surface area (Å²) in [4.78, 5) is 30.1. The Morgan fingerprint density at radius 2 is 2.14 bits per heavy atom. The Morgan fingerprint density at radius 3 is 2.68 bits per heavy atom. The predicted octanol–water partition coefficient (Wildman–Crippen LogP) is 2.79. The van der Waals surface area contributed by atoms with Crippen molar-refractivity contribution in [1.29, 1.82) is 0 Å². The molecule has 22 heavy (non-hydrogen) atoms. The maximum Gasteiger partial charge on any atom is 0.357 e. The molecule has 1 saturated carbocycles. The Labute approximate surface area is 134 Å². The standard InChI is InChI=1S/C15H23N3O3S/c1-5-21-13(19)11-9-22-12(16-11)8-18(10-6-7-10)14(20)17-15(2,3)4/h9-10H,5-8H2,1-4H3,(H,17,20). The largest absolute Gasteiger partial charge is 0.461 e. The number of thiazole rings is 1. The van der Waals surface area contributed by atoms with E-state index < -0.39 is 5.97 Å². The average Bonchev–Trinajstić information content (AvgIpc) is 3.12. The Balaban J connectivity index is 2.02. The summed E-state index contributed by atoms with van der Waals surface area (Å²) in [7, 11) is 0. The summed E-state index contributed by atoms with van der Waals surface area (Å²) in [6.07, 6.45) is 2.04. The quantitative estimate of drug-likeness (QED) is 0.845. The third kappa shape index (κ3) is 4.69. The van der Waals surface area contributed by atoms with Crippen LogP contribution < -0.4 is 5.32 Å². The average molecular weight is 325 g/mol. The van der Waals surface area contributed by atoms with Gasteiger partial charge in [0.2, 0.25) is 0 Å². The first kappa shape index (κ1) is 16.7. The van der Waals surface area contributed by atoms with Crippen LogP contribution in [0.25, 0.3) is 0 Å². The van der Waals surface area contributed by atoms with Crippen LogP contribution in [0.1, 0.15) is 56.0 Å². The predicted molar refractivity (Wildman–Crippen MR) is 84.9 cm³/mol. The maximum absolute atomic E-state index is 12.4. The lowest BCUT2D eigenvalue weighted by Gasteiger charge is -2.28. The summed E-state index contributed by atoms with van der Waals surface area (Å²) >= 11 is 1.38. The Kier molecular flexibility index (Phi) is 5.05. The zero-order valence-electron chi connectivity index (χ0n) is 13.5. The molecule has 2 amide bonds. The van der Waals surface area contributed by atoms with Gasteiger partial charge in [-0.05, 0) is 40.5 Å². The van der Waals surface area contributed by atoms with Crippen LogP contribution in [0.3, 0.4) is 0 Å². The summed E-state index contributed by atoms with van der Waals surface area (Å²) in [6, 6.07) is 0.195. The molecule has 1 heterocycles. The van der Waals surface area contributed by atoms with Crippen LogP contribution in [0.15, 0.2) is 5.38 Å². The Hall–Kier alpha value is -1.63. The van der Waals surface area contributed by atoms with Crippen LogP contribution in [0.2, 0.25) is 0 Å². The lowest BCUT2D eigenvalue weighted by Crippen LogP contribution is -2.49. The molecule has 0 aliphatic heterocycles. The summed E-state index contributed by atoms with van der Waals surface area (Å²) in [5.41, 5.74) is 0.0391. The molecule has 0 atom stereocenters. The minimum Gasteiger partial charge on any atom is -0.461 e. The van der Waals surface area contributed by atoms with Gasteiger partial charge in [-0.3, -0.25) is 0 Å². The molecule has 1 aromatic heterocycles. The second-order valence-electron chi connectivity index (χ2n) is 6.39. The van der Waals surface area contributed by atoms with Crippen LogP contribution in [-0.4, -0.2) is 40.1 Å². The minimum absolute atomic E-state index is 0.0807. The highest BCUT2D eigenvalue weighted by atomic mass is 32.1. The fourth-order valence-corrected chi connectivity index (χ4v) is 2.73. The van der Waals surface area contributed by atoms with E-state index in [1.54, 1.807) is 17.2 Å². The lowest BCUT2D eigenvalue weighted by molar-refractivity contribution is 0.0520. The van der Waals surface area contributed by atoms with Crippen molar-refractivity contribution in [2.75, 3.05) is 6.61 Å². The zero-order valence-corrected chi connectivity index (χ0v) is 14.3. The van der Waals surface area contributed by atoms with Crippen molar-refractivity contribution < 1.29 is 14.3 Å². The van der Waals surface area contributed by atoms with Crippen LogP contribution >= 0.6 is 11.3 Å². The molecular formula is C15H23N3O3S. The van der Waals surface area contributed by atoms with E-state index in [-0.39, 0.29) is 17.6 Å². The van der Waals surface area contributed by atoms with Gasteiger partial charge < -0.3 is 15.0 Å². The normalized spacial score (nSPS) is 14.5. The van der Waals surface area contributed by atoms with Crippen LogP contribution in [0.5, 0.6) is 0 Å². The topological polar surface area (TPSA) is 71.5 Å². The van der Waals surface area contributed by atoms with E-state index >= 15 is 0 Å². The van der Waals surface area contributed by atoms with E-state index in [9.17, 15) is 9.59 Å². The summed E-state index contributed by atoms with van der Waals surface area (Å²) in [5, 5.41) is 5.41. The van der Waals surface area contributed by atoms with Gasteiger partial charge in [0.15, 0.2) is 5.69 Å². The molecule has 1 N–H and O–H groups in total. The van der Waals surface area contributed by atoms with E-state index in [0.29, 0.717) is 18.8 Å². The number of hydrogen-bond donors (Lipinski definition) is 1. The number of carbonyl (C=O) groups excluding carboxylic acids is 2. The number of aromatic nitrogens is 1. The molecule has 1 aliphatic carbocycles. The molecule has 0 bridgehead atoms. The number of urea groups is 1. The van der Waals surface area contributed by atoms with E-state index in [1.165, 1.54) is 11.3 Å². The van der Waals surface area contributed by atoms with Gasteiger partial charge in [-0.1, -0.05) is 0 Å². The first-order valence-electron chi connectivity index (χ1n) is 7.50. The molecule has 122 valence electrons. The Bertz CT molecular complexity index is 546. The fraction of sp³-hybridized carbons (Fsp3) is 0.667. The number of nitrogens with one attached hydrogen (secondary N) is 1. The van der Waals surface area contributed by atoms with Crippen molar-refractivity contribution in [3.05, 3.63) is 16.1 Å². The molecule has 6 nitrogen and oxygen atoms in total. The van der Waals surface area contributed by atoms with Gasteiger partial charge >= 0.3 is 12.0 Å². The highest BCUT2D eigenvalue weighted by Crippen LogP contribution is 2.29. The van der Waals surface area contributed by atoms with Crippen molar-refractivity contribution in [2.24, 2.45) is 0 Å². The van der Waals surface area contributed by atoms with Gasteiger partial charge in [-0.25, -0.2) is 14.6 Å². The van der Waals surface area contributed by atoms with Gasteiger partial charge in [0.1, 0.15) is 5.01 Å². The number of nitrogens with zero attached hydrogens (tertiary/aromatic N) is 2. The van der Waals surface area contributed by atoms with E-state index in [0.717, 1.165) is 17.8 Å². The molecule has 0 saturated heterocycles.